The van der Waals surface area contributed by atoms with E-state index in [4.69, 9.17) is 5.26 Å². The lowest BCUT2D eigenvalue weighted by Gasteiger charge is -2.11. The van der Waals surface area contributed by atoms with Crippen LogP contribution < -0.4 is 4.72 Å². The molecule has 0 bridgehead atoms. The molecule has 0 aromatic carbocycles. The van der Waals surface area contributed by atoms with E-state index in [-0.39, 0.29) is 12.3 Å². The molecule has 18 heavy (non-hydrogen) atoms. The van der Waals surface area contributed by atoms with Gasteiger partial charge in [-0.05, 0) is 12.3 Å². The Morgan fingerprint density at radius 3 is 2.61 bits per heavy atom. The van der Waals surface area contributed by atoms with Gasteiger partial charge in [0, 0.05) is 13.2 Å². The molecule has 0 saturated heterocycles. The summed E-state index contributed by atoms with van der Waals surface area (Å²) in [5.41, 5.74) is 1.12. The van der Waals surface area contributed by atoms with Crippen LogP contribution in [0.4, 0.5) is 5.69 Å². The Morgan fingerprint density at radius 2 is 2.17 bits per heavy atom. The third-order valence-electron chi connectivity index (χ3n) is 2.55. The van der Waals surface area contributed by atoms with E-state index >= 15 is 0 Å². The van der Waals surface area contributed by atoms with Crippen molar-refractivity contribution >= 4 is 15.7 Å². The first kappa shape index (κ1) is 14.5. The topological polar surface area (TPSA) is 87.8 Å². The standard InChI is InChI=1S/C11H18N4O2S/c1-5-9(6-12)18(16,17)14-10-7-15(4)13-11(10)8(2)3/h7-9,14H,5H2,1-4H3. The molecule has 0 aliphatic rings. The lowest BCUT2D eigenvalue weighted by Crippen LogP contribution is -2.26. The van der Waals surface area contributed by atoms with Gasteiger partial charge >= 0.3 is 0 Å². The summed E-state index contributed by atoms with van der Waals surface area (Å²) in [6.45, 7) is 5.53. The highest BCUT2D eigenvalue weighted by Gasteiger charge is 2.25. The average Bonchev–Trinajstić information content (AvgIpc) is 2.59. The third-order valence-corrected chi connectivity index (χ3v) is 4.24. The van der Waals surface area contributed by atoms with E-state index in [9.17, 15) is 8.42 Å². The van der Waals surface area contributed by atoms with Crippen LogP contribution in [0.15, 0.2) is 6.20 Å². The maximum atomic E-state index is 12.0. The maximum Gasteiger partial charge on any atom is 0.249 e. The predicted octanol–water partition coefficient (Wildman–Crippen LogP) is 1.59. The summed E-state index contributed by atoms with van der Waals surface area (Å²) in [5, 5.41) is 12.0. The molecule has 1 N–H and O–H groups in total. The van der Waals surface area contributed by atoms with Crippen molar-refractivity contribution in [3.63, 3.8) is 0 Å². The van der Waals surface area contributed by atoms with Crippen molar-refractivity contribution in [1.29, 1.82) is 5.26 Å². The van der Waals surface area contributed by atoms with E-state index < -0.39 is 15.3 Å². The molecule has 1 aromatic heterocycles. The number of nitrogens with zero attached hydrogens (tertiary/aromatic N) is 3. The van der Waals surface area contributed by atoms with E-state index in [2.05, 4.69) is 9.82 Å². The summed E-state index contributed by atoms with van der Waals surface area (Å²) in [6, 6.07) is 1.79. The number of sulfonamides is 1. The number of anilines is 1. The number of rotatable bonds is 5. The van der Waals surface area contributed by atoms with Crippen LogP contribution in [0.3, 0.4) is 0 Å². The van der Waals surface area contributed by atoms with Gasteiger partial charge in [0.25, 0.3) is 0 Å². The number of nitrogens with one attached hydrogen (secondary N) is 1. The molecule has 0 aliphatic heterocycles. The molecule has 100 valence electrons. The Hall–Kier alpha value is -1.55. The van der Waals surface area contributed by atoms with Crippen molar-refractivity contribution < 1.29 is 8.42 Å². The van der Waals surface area contributed by atoms with Gasteiger partial charge in [-0.1, -0.05) is 20.8 Å². The van der Waals surface area contributed by atoms with Crippen LogP contribution in [0.25, 0.3) is 0 Å². The van der Waals surface area contributed by atoms with Crippen LogP contribution >= 0.6 is 0 Å². The van der Waals surface area contributed by atoms with E-state index in [0.29, 0.717) is 11.4 Å². The van der Waals surface area contributed by atoms with Crippen molar-refractivity contribution in [3.8, 4) is 6.07 Å². The van der Waals surface area contributed by atoms with E-state index in [1.165, 1.54) is 0 Å². The summed E-state index contributed by atoms with van der Waals surface area (Å²) in [7, 11) is -1.96. The number of aromatic nitrogens is 2. The van der Waals surface area contributed by atoms with Gasteiger partial charge in [-0.3, -0.25) is 9.40 Å². The lowest BCUT2D eigenvalue weighted by atomic mass is 10.1. The fourth-order valence-electron chi connectivity index (χ4n) is 1.62. The molecule has 1 heterocycles. The molecule has 0 radical (unpaired) electrons. The van der Waals surface area contributed by atoms with Gasteiger partial charge in [-0.25, -0.2) is 8.42 Å². The van der Waals surface area contributed by atoms with Crippen LogP contribution in [0.2, 0.25) is 0 Å². The summed E-state index contributed by atoms with van der Waals surface area (Å²) in [4.78, 5) is 0. The first-order chi connectivity index (χ1) is 8.31. The molecular formula is C11H18N4O2S. The summed E-state index contributed by atoms with van der Waals surface area (Å²) in [6.07, 6.45) is 1.86. The second-order valence-corrected chi connectivity index (χ2v) is 6.29. The summed E-state index contributed by atoms with van der Waals surface area (Å²) >= 11 is 0. The normalized spacial score (nSPS) is 13.3. The third kappa shape index (κ3) is 3.01. The molecule has 6 nitrogen and oxygen atoms in total. The minimum Gasteiger partial charge on any atom is -0.279 e. The smallest absolute Gasteiger partial charge is 0.249 e. The van der Waals surface area contributed by atoms with Crippen molar-refractivity contribution in [3.05, 3.63) is 11.9 Å². The van der Waals surface area contributed by atoms with E-state index in [1.807, 2.05) is 13.8 Å². The largest absolute Gasteiger partial charge is 0.279 e. The highest BCUT2D eigenvalue weighted by atomic mass is 32.2. The van der Waals surface area contributed by atoms with Crippen molar-refractivity contribution in [1.82, 2.24) is 9.78 Å². The number of aryl methyl sites for hydroxylation is 1. The van der Waals surface area contributed by atoms with Crippen LogP contribution in [0.5, 0.6) is 0 Å². The van der Waals surface area contributed by atoms with E-state index in [0.717, 1.165) is 0 Å². The average molecular weight is 270 g/mol. The fraction of sp³-hybridized carbons (Fsp3) is 0.636. The van der Waals surface area contributed by atoms with Crippen LogP contribution in [0.1, 0.15) is 38.8 Å². The maximum absolute atomic E-state index is 12.0. The Labute approximate surface area is 108 Å². The highest BCUT2D eigenvalue weighted by molar-refractivity contribution is 7.93. The first-order valence-corrected chi connectivity index (χ1v) is 7.31. The number of hydrogen-bond donors (Lipinski definition) is 1. The molecule has 0 fully saturated rings. The molecule has 0 amide bonds. The zero-order valence-electron chi connectivity index (χ0n) is 11.0. The number of hydrogen-bond acceptors (Lipinski definition) is 4. The molecule has 1 rings (SSSR count). The van der Waals surface area contributed by atoms with Crippen LogP contribution in [-0.2, 0) is 17.1 Å². The molecule has 1 unspecified atom stereocenters. The summed E-state index contributed by atoms with van der Waals surface area (Å²) in [5.74, 6) is 0.103. The molecular weight excluding hydrogens is 252 g/mol. The molecule has 1 aromatic rings. The molecule has 1 atom stereocenters. The van der Waals surface area contributed by atoms with Gasteiger partial charge in [0.15, 0.2) is 5.25 Å². The molecule has 0 saturated carbocycles. The summed E-state index contributed by atoms with van der Waals surface area (Å²) < 4.78 is 28.0. The minimum atomic E-state index is -3.68. The SMILES string of the molecule is CCC(C#N)S(=O)(=O)Nc1cn(C)nc1C(C)C. The monoisotopic (exact) mass is 270 g/mol. The van der Waals surface area contributed by atoms with Crippen LogP contribution in [-0.4, -0.2) is 23.4 Å². The predicted molar refractivity (Wildman–Crippen MR) is 69.5 cm³/mol. The van der Waals surface area contributed by atoms with Gasteiger partial charge in [-0.15, -0.1) is 0 Å². The number of nitriles is 1. The van der Waals surface area contributed by atoms with Gasteiger partial charge < -0.3 is 0 Å². The van der Waals surface area contributed by atoms with Crippen molar-refractivity contribution in [2.45, 2.75) is 38.4 Å². The second-order valence-electron chi connectivity index (χ2n) is 4.43. The molecule has 0 spiro atoms. The quantitative estimate of drug-likeness (QED) is 0.880. The lowest BCUT2D eigenvalue weighted by molar-refractivity contribution is 0.592. The zero-order valence-corrected chi connectivity index (χ0v) is 11.8. The van der Waals surface area contributed by atoms with Gasteiger partial charge in [-0.2, -0.15) is 10.4 Å². The van der Waals surface area contributed by atoms with E-state index in [1.54, 1.807) is 30.9 Å². The Bertz CT molecular complexity index is 554. The zero-order chi connectivity index (χ0) is 13.9. The fourth-order valence-corrected chi connectivity index (χ4v) is 2.80. The van der Waals surface area contributed by atoms with Crippen molar-refractivity contribution in [2.24, 2.45) is 7.05 Å². The Kier molecular flexibility index (Phi) is 4.35. The molecule has 0 aliphatic carbocycles. The van der Waals surface area contributed by atoms with Gasteiger partial charge in [0.1, 0.15) is 0 Å². The second kappa shape index (κ2) is 5.40. The first-order valence-electron chi connectivity index (χ1n) is 5.76. The molecule has 7 heteroatoms. The Balaban J connectivity index is 3.09. The van der Waals surface area contributed by atoms with Crippen LogP contribution in [0, 0.1) is 11.3 Å². The minimum absolute atomic E-state index is 0.103. The Morgan fingerprint density at radius 1 is 1.56 bits per heavy atom. The van der Waals surface area contributed by atoms with Gasteiger partial charge in [0.05, 0.1) is 17.5 Å². The van der Waals surface area contributed by atoms with Gasteiger partial charge in [0.2, 0.25) is 10.0 Å². The van der Waals surface area contributed by atoms with Crippen molar-refractivity contribution in [2.75, 3.05) is 4.72 Å². The highest BCUT2D eigenvalue weighted by Crippen LogP contribution is 2.24.